The molecule has 34 heavy (non-hydrogen) atoms. The lowest BCUT2D eigenvalue weighted by molar-refractivity contribution is -0.585. The van der Waals surface area contributed by atoms with Crippen LogP contribution >= 0.6 is 23.2 Å². The number of piperazine rings is 2. The summed E-state index contributed by atoms with van der Waals surface area (Å²) in [6.45, 7) is 9.28. The molecule has 2 fully saturated rings. The third kappa shape index (κ3) is 13.3. The first-order chi connectivity index (χ1) is 15.6. The summed E-state index contributed by atoms with van der Waals surface area (Å²) in [4.78, 5) is 0. The Kier molecular flexibility index (Phi) is 14.9. The van der Waals surface area contributed by atoms with Crippen LogP contribution in [0.2, 0.25) is 0 Å². The minimum absolute atomic E-state index is 0.194. The Labute approximate surface area is 209 Å². The summed E-state index contributed by atoms with van der Waals surface area (Å²) in [6, 6.07) is 0. The maximum atomic E-state index is 12.3. The van der Waals surface area contributed by atoms with Gasteiger partial charge in [0, 0.05) is 58.9 Å². The van der Waals surface area contributed by atoms with Crippen molar-refractivity contribution in [1.82, 2.24) is 19.2 Å². The molecule has 0 spiro atoms. The fraction of sp³-hybridized carbons (Fsp3) is 0.714. The Bertz CT molecular complexity index is 937. The van der Waals surface area contributed by atoms with Crippen molar-refractivity contribution < 1.29 is 45.5 Å². The number of hydrogen-bond acceptors (Lipinski definition) is 8. The van der Waals surface area contributed by atoms with E-state index in [-0.39, 0.29) is 37.7 Å². The molecule has 3 heterocycles. The summed E-state index contributed by atoms with van der Waals surface area (Å²) < 4.78 is 102. The van der Waals surface area contributed by atoms with Crippen molar-refractivity contribution in [2.45, 2.75) is 6.92 Å². The summed E-state index contributed by atoms with van der Waals surface area (Å²) in [5.74, 6) is 0. The van der Waals surface area contributed by atoms with Gasteiger partial charge in [0.25, 0.3) is 0 Å². The predicted molar refractivity (Wildman–Crippen MR) is 122 cm³/mol. The number of rotatable bonds is 3. The van der Waals surface area contributed by atoms with E-state index in [0.717, 1.165) is 32.4 Å². The summed E-state index contributed by atoms with van der Waals surface area (Å²) in [7, 11) is -14.3. The SMILES string of the molecule is C1CNCCN1.C=[N+]1[CH-]C=[N+](S(=O)(=O)F)[C-]1C.ClCCl.O=S(=O)(F)N1CCN(S(=O)(=O)F)CC1. The van der Waals surface area contributed by atoms with Gasteiger partial charge in [0.2, 0.25) is 6.17 Å². The normalized spacial score (nSPS) is 19.9. The molecule has 3 rings (SSSR count). The van der Waals surface area contributed by atoms with Gasteiger partial charge in [-0.2, -0.15) is 25.4 Å². The zero-order valence-electron chi connectivity index (χ0n) is 18.1. The fourth-order valence-electron chi connectivity index (χ4n) is 2.42. The van der Waals surface area contributed by atoms with Crippen molar-refractivity contribution in [1.29, 1.82) is 0 Å². The molecule has 0 atom stereocenters. The molecule has 0 aromatic rings. The molecule has 0 aliphatic carbocycles. The molecule has 2 saturated heterocycles. The van der Waals surface area contributed by atoms with Crippen LogP contribution in [0.25, 0.3) is 0 Å². The molecule has 0 radical (unpaired) electrons. The molecule has 0 unspecified atom stereocenters. The highest BCUT2D eigenvalue weighted by Crippen LogP contribution is 2.14. The fourth-order valence-corrected chi connectivity index (χ4v) is 4.24. The van der Waals surface area contributed by atoms with E-state index < -0.39 is 31.2 Å². The molecule has 0 aromatic carbocycles. The van der Waals surface area contributed by atoms with Crippen LogP contribution in [0, 0.1) is 12.7 Å². The summed E-state index contributed by atoms with van der Waals surface area (Å²) in [5.41, 5.74) is 0. The van der Waals surface area contributed by atoms with Gasteiger partial charge in [-0.05, 0) is 6.92 Å². The Hall–Kier alpha value is -0.860. The highest BCUT2D eigenvalue weighted by atomic mass is 35.5. The average Bonchev–Trinajstić information content (AvgIpc) is 3.08. The van der Waals surface area contributed by atoms with Crippen molar-refractivity contribution in [2.24, 2.45) is 0 Å². The number of alkyl halides is 2. The van der Waals surface area contributed by atoms with Crippen LogP contribution in [-0.4, -0.2) is 113 Å². The number of nitrogens with zero attached hydrogens (tertiary/aromatic N) is 4. The van der Waals surface area contributed by atoms with Gasteiger partial charge in [-0.1, -0.05) is 18.4 Å². The highest BCUT2D eigenvalue weighted by Gasteiger charge is 2.32. The Morgan fingerprint density at radius 2 is 1.24 bits per heavy atom. The van der Waals surface area contributed by atoms with E-state index in [2.05, 4.69) is 17.4 Å². The second-order valence-corrected chi connectivity index (χ2v) is 11.0. The molecular formula is C14H27Cl2F3N6O6S3. The molecule has 0 bridgehead atoms. The zero-order chi connectivity index (χ0) is 26.6. The van der Waals surface area contributed by atoms with Crippen LogP contribution in [0.3, 0.4) is 0 Å². The predicted octanol–water partition coefficient (Wildman–Crippen LogP) is -0.685. The minimum Gasteiger partial charge on any atom is -0.434 e. The third-order valence-corrected chi connectivity index (χ3v) is 6.94. The van der Waals surface area contributed by atoms with E-state index in [1.807, 2.05) is 0 Å². The van der Waals surface area contributed by atoms with Crippen LogP contribution in [0.4, 0.5) is 11.7 Å². The van der Waals surface area contributed by atoms with E-state index in [4.69, 9.17) is 23.2 Å². The molecule has 3 aliphatic heterocycles. The minimum atomic E-state index is -4.81. The van der Waals surface area contributed by atoms with E-state index in [9.17, 15) is 36.9 Å². The van der Waals surface area contributed by atoms with Gasteiger partial charge in [0.05, 0.1) is 5.34 Å². The largest absolute Gasteiger partial charge is 0.536 e. The Morgan fingerprint density at radius 1 is 0.912 bits per heavy atom. The second-order valence-electron chi connectivity index (χ2n) is 6.34. The van der Waals surface area contributed by atoms with Crippen molar-refractivity contribution in [2.75, 3.05) is 57.7 Å². The van der Waals surface area contributed by atoms with E-state index in [0.29, 0.717) is 12.6 Å². The topological polar surface area (TPSA) is 139 Å². The molecule has 0 aromatic heterocycles. The maximum absolute atomic E-state index is 12.3. The number of halogens is 5. The molecule has 20 heteroatoms. The standard InChI is InChI=1S/C5H7FN2O2S.C4H8F2N2O4S2.C4H10N2.CH2Cl2/c1-5-7(2)3-4-8(5)11(6,9)10;5-13(9,10)7-1-2-8(4-3-7)14(6,11)12;1-2-6-4-3-5-1;2-1-3/h3-4H,2H2,1H3;1-4H2;5-6H,1-4H2;1H2. The monoisotopic (exact) mass is 598 g/mol. The molecule has 2 N–H and O–H groups in total. The quantitative estimate of drug-likeness (QED) is 0.188. The van der Waals surface area contributed by atoms with E-state index >= 15 is 0 Å². The van der Waals surface area contributed by atoms with Gasteiger partial charge in [0.15, 0.2) is 0 Å². The number of nitrogens with one attached hydrogen (secondary N) is 2. The second kappa shape index (κ2) is 15.3. The van der Waals surface area contributed by atoms with Gasteiger partial charge >= 0.3 is 31.2 Å². The highest BCUT2D eigenvalue weighted by molar-refractivity contribution is 7.84. The van der Waals surface area contributed by atoms with Crippen LogP contribution in [0.5, 0.6) is 0 Å². The van der Waals surface area contributed by atoms with Crippen LogP contribution in [0.15, 0.2) is 0 Å². The van der Waals surface area contributed by atoms with Crippen molar-refractivity contribution in [3.8, 4) is 0 Å². The van der Waals surface area contributed by atoms with Gasteiger partial charge in [-0.25, -0.2) is 0 Å². The Balaban J connectivity index is 0.000000481. The average molecular weight is 600 g/mol. The van der Waals surface area contributed by atoms with Crippen LogP contribution < -0.4 is 10.6 Å². The van der Waals surface area contributed by atoms with Crippen molar-refractivity contribution in [3.63, 3.8) is 0 Å². The van der Waals surface area contributed by atoms with Crippen molar-refractivity contribution in [3.05, 3.63) is 12.7 Å². The molecule has 0 amide bonds. The summed E-state index contributed by atoms with van der Waals surface area (Å²) in [6.07, 6.45) is 1.31. The first-order valence-electron chi connectivity index (χ1n) is 9.34. The molecular weight excluding hydrogens is 572 g/mol. The smallest absolute Gasteiger partial charge is 0.434 e. The maximum Gasteiger partial charge on any atom is 0.536 e. The summed E-state index contributed by atoms with van der Waals surface area (Å²) in [5, 5.41) is 6.64. The van der Waals surface area contributed by atoms with E-state index in [1.165, 1.54) is 18.0 Å². The van der Waals surface area contributed by atoms with E-state index in [1.54, 1.807) is 0 Å². The van der Waals surface area contributed by atoms with Gasteiger partial charge in [-0.3, -0.25) is 0 Å². The lowest BCUT2D eigenvalue weighted by Gasteiger charge is -2.28. The first-order valence-corrected chi connectivity index (χ1v) is 14.4. The molecule has 0 saturated carbocycles. The van der Waals surface area contributed by atoms with Crippen molar-refractivity contribution >= 4 is 67.4 Å². The third-order valence-electron chi connectivity index (χ3n) is 4.12. The zero-order valence-corrected chi connectivity index (χ0v) is 22.0. The lowest BCUT2D eigenvalue weighted by Crippen LogP contribution is -2.48. The summed E-state index contributed by atoms with van der Waals surface area (Å²) >= 11 is 9.53. The van der Waals surface area contributed by atoms with Crippen LogP contribution in [0.1, 0.15) is 6.92 Å². The molecule has 202 valence electrons. The molecule has 12 nitrogen and oxygen atoms in total. The molecule has 3 aliphatic rings. The van der Waals surface area contributed by atoms with Gasteiger partial charge in [0.1, 0.15) is 6.21 Å². The first kappa shape index (κ1) is 33.1. The Morgan fingerprint density at radius 3 is 1.38 bits per heavy atom. The lowest BCUT2D eigenvalue weighted by atomic mass is 10.4. The number of hydrogen-bond donors (Lipinski definition) is 2. The van der Waals surface area contributed by atoms with Gasteiger partial charge in [-0.15, -0.1) is 35.6 Å². The van der Waals surface area contributed by atoms with Gasteiger partial charge < -0.3 is 15.2 Å². The van der Waals surface area contributed by atoms with Crippen LogP contribution in [-0.2, 0) is 31.2 Å².